The molecule has 11 heteroatoms. The van der Waals surface area contributed by atoms with Crippen LogP contribution in [0.3, 0.4) is 0 Å². The van der Waals surface area contributed by atoms with Crippen molar-refractivity contribution in [1.29, 1.82) is 0 Å². The summed E-state index contributed by atoms with van der Waals surface area (Å²) in [6.07, 6.45) is 0. The minimum Gasteiger partial charge on any atom is -0.225 e. The van der Waals surface area contributed by atoms with E-state index < -0.39 is 40.8 Å². The average Bonchev–Trinajstić information content (AvgIpc) is 2.43. The minimum absolute atomic E-state index is 0.143. The van der Waals surface area contributed by atoms with Gasteiger partial charge in [-0.05, 0) is 31.0 Å². The highest BCUT2D eigenvalue weighted by molar-refractivity contribution is 5.40. The Morgan fingerprint density at radius 2 is 0.840 bits per heavy atom. The van der Waals surface area contributed by atoms with Gasteiger partial charge in [-0.3, -0.25) is 0 Å². The normalized spacial score (nSPS) is 27.7. The van der Waals surface area contributed by atoms with E-state index in [1.54, 1.807) is 0 Å². The highest BCUT2D eigenvalue weighted by Gasteiger charge is 3.01. The third-order valence-electron chi connectivity index (χ3n) is 3.98. The first kappa shape index (κ1) is 19.8. The summed E-state index contributed by atoms with van der Waals surface area (Å²) in [5, 5.41) is 0. The third kappa shape index (κ3) is 1.89. The second-order valence-electron chi connectivity index (χ2n) is 5.77. The highest BCUT2D eigenvalue weighted by atomic mass is 19.4. The molecule has 0 spiro atoms. The summed E-state index contributed by atoms with van der Waals surface area (Å²) in [4.78, 5) is 0. The van der Waals surface area contributed by atoms with E-state index in [2.05, 4.69) is 6.07 Å². The molecule has 25 heavy (non-hydrogen) atoms. The van der Waals surface area contributed by atoms with Gasteiger partial charge in [-0.15, -0.1) is 0 Å². The molecule has 1 radical (unpaired) electrons. The zero-order valence-corrected chi connectivity index (χ0v) is 12.3. The molecule has 1 aliphatic rings. The molecular formula is C14H8F11. The van der Waals surface area contributed by atoms with Crippen LogP contribution in [0.2, 0.25) is 0 Å². The van der Waals surface area contributed by atoms with Crippen LogP contribution in [0.5, 0.6) is 0 Å². The van der Waals surface area contributed by atoms with E-state index in [0.717, 1.165) is 13.8 Å². The van der Waals surface area contributed by atoms with Crippen molar-refractivity contribution in [3.63, 3.8) is 0 Å². The number of aryl methyl sites for hydroxylation is 2. The summed E-state index contributed by atoms with van der Waals surface area (Å²) < 4.78 is 150. The molecule has 0 bridgehead atoms. The predicted octanol–water partition coefficient (Wildman–Crippen LogP) is 5.46. The molecule has 0 saturated heterocycles. The van der Waals surface area contributed by atoms with Gasteiger partial charge in [0.1, 0.15) is 0 Å². The molecule has 0 nitrogen and oxygen atoms in total. The zero-order valence-electron chi connectivity index (χ0n) is 12.3. The third-order valence-corrected chi connectivity index (χ3v) is 3.98. The van der Waals surface area contributed by atoms with Crippen LogP contribution in [0, 0.1) is 19.9 Å². The summed E-state index contributed by atoms with van der Waals surface area (Å²) in [6, 6.07) is 2.59. The first-order chi connectivity index (χ1) is 10.9. The molecule has 0 aromatic heterocycles. The number of benzene rings is 1. The fraction of sp³-hybridized carbons (Fsp3) is 0.571. The van der Waals surface area contributed by atoms with Gasteiger partial charge in [0.2, 0.25) is 0 Å². The molecule has 2 rings (SSSR count). The maximum atomic E-state index is 14.7. The summed E-state index contributed by atoms with van der Waals surface area (Å²) in [5.74, 6) is -35.1. The number of alkyl halides is 11. The van der Waals surface area contributed by atoms with Gasteiger partial charge in [0.05, 0.1) is 0 Å². The average molecular weight is 385 g/mol. The van der Waals surface area contributed by atoms with Crippen LogP contribution in [0.1, 0.15) is 16.7 Å². The van der Waals surface area contributed by atoms with Gasteiger partial charge in [-0.1, -0.05) is 12.1 Å². The first-order valence-electron chi connectivity index (χ1n) is 6.48. The second kappa shape index (κ2) is 4.79. The van der Waals surface area contributed by atoms with Crippen molar-refractivity contribution in [2.75, 3.05) is 0 Å². The lowest BCUT2D eigenvalue weighted by molar-refractivity contribution is -0.489. The minimum atomic E-state index is -7.20. The van der Waals surface area contributed by atoms with Crippen LogP contribution in [0.25, 0.3) is 0 Å². The van der Waals surface area contributed by atoms with E-state index in [-0.39, 0.29) is 23.3 Å². The lowest BCUT2D eigenvalue weighted by Gasteiger charge is -2.52. The molecule has 0 heterocycles. The van der Waals surface area contributed by atoms with Crippen LogP contribution < -0.4 is 0 Å². The van der Waals surface area contributed by atoms with E-state index in [1.165, 1.54) is 0 Å². The predicted molar refractivity (Wildman–Crippen MR) is 62.3 cm³/mol. The first-order valence-corrected chi connectivity index (χ1v) is 6.48. The van der Waals surface area contributed by atoms with Crippen LogP contribution in [-0.2, 0) is 5.67 Å². The lowest BCUT2D eigenvalue weighted by Crippen LogP contribution is -2.82. The number of hydrogen-bond donors (Lipinski definition) is 0. The molecule has 1 saturated carbocycles. The lowest BCUT2D eigenvalue weighted by atomic mass is 9.69. The van der Waals surface area contributed by atoms with Crippen molar-refractivity contribution in [3.8, 4) is 0 Å². The molecule has 1 fully saturated rings. The van der Waals surface area contributed by atoms with Gasteiger partial charge in [0.25, 0.3) is 5.67 Å². The van der Waals surface area contributed by atoms with Gasteiger partial charge < -0.3 is 0 Å². The summed E-state index contributed by atoms with van der Waals surface area (Å²) in [5.41, 5.74) is -8.74. The van der Waals surface area contributed by atoms with Crippen molar-refractivity contribution >= 4 is 0 Å². The van der Waals surface area contributed by atoms with E-state index in [1.807, 2.05) is 0 Å². The molecule has 141 valence electrons. The summed E-state index contributed by atoms with van der Waals surface area (Å²) >= 11 is 0. The van der Waals surface area contributed by atoms with Crippen LogP contribution in [0.4, 0.5) is 48.3 Å². The number of hydrogen-bond acceptors (Lipinski definition) is 0. The molecule has 1 aliphatic carbocycles. The molecule has 0 unspecified atom stereocenters. The molecule has 1 aromatic carbocycles. The van der Waals surface area contributed by atoms with Crippen molar-refractivity contribution < 1.29 is 48.3 Å². The highest BCUT2D eigenvalue weighted by Crippen LogP contribution is 2.72. The van der Waals surface area contributed by atoms with Gasteiger partial charge in [0.15, 0.2) is 0 Å². The fourth-order valence-corrected chi connectivity index (χ4v) is 2.67. The molecule has 0 amide bonds. The van der Waals surface area contributed by atoms with E-state index in [0.29, 0.717) is 0 Å². The molecule has 0 aliphatic heterocycles. The Morgan fingerprint density at radius 3 is 1.16 bits per heavy atom. The summed E-state index contributed by atoms with van der Waals surface area (Å²) in [7, 11) is 0. The van der Waals surface area contributed by atoms with Crippen molar-refractivity contribution in [2.24, 2.45) is 0 Å². The van der Waals surface area contributed by atoms with E-state index in [4.69, 9.17) is 0 Å². The zero-order chi connectivity index (χ0) is 19.9. The quantitative estimate of drug-likeness (QED) is 0.564. The number of halogens is 11. The smallest absolute Gasteiger partial charge is 0.225 e. The van der Waals surface area contributed by atoms with Gasteiger partial charge in [-0.2, -0.15) is 43.9 Å². The Balaban J connectivity index is 2.96. The molecule has 0 atom stereocenters. The van der Waals surface area contributed by atoms with Crippen LogP contribution >= 0.6 is 0 Å². The standard InChI is InChI=1S/C14H8F11/c1-6-3-7(2)5-8(4-6)9(15)10(16,17)12(20,21)14(24,25)13(22,23)11(9,18)19/h4-5H,1-2H3. The van der Waals surface area contributed by atoms with Gasteiger partial charge >= 0.3 is 29.6 Å². The fourth-order valence-electron chi connectivity index (χ4n) is 2.67. The molecule has 1 aromatic rings. The summed E-state index contributed by atoms with van der Waals surface area (Å²) in [6.45, 7) is 2.01. The van der Waals surface area contributed by atoms with Crippen molar-refractivity contribution in [3.05, 3.63) is 34.9 Å². The Bertz CT molecular complexity index is 654. The van der Waals surface area contributed by atoms with E-state index in [9.17, 15) is 48.3 Å². The Kier molecular flexibility index (Phi) is 3.79. The van der Waals surface area contributed by atoms with Crippen LogP contribution in [-0.4, -0.2) is 29.6 Å². The Labute approximate surface area is 133 Å². The largest absolute Gasteiger partial charge is 0.384 e. The van der Waals surface area contributed by atoms with Crippen LogP contribution in [0.15, 0.2) is 12.1 Å². The Hall–Kier alpha value is -1.55. The maximum Gasteiger partial charge on any atom is 0.384 e. The van der Waals surface area contributed by atoms with E-state index >= 15 is 0 Å². The monoisotopic (exact) mass is 385 g/mol. The van der Waals surface area contributed by atoms with Crippen molar-refractivity contribution in [1.82, 2.24) is 0 Å². The SMILES string of the molecule is Cc1[c]c(C)cc(C2(F)C(F)(F)C(F)(F)C(F)(F)C(F)(F)C2(F)F)c1. The second-order valence-corrected chi connectivity index (χ2v) is 5.77. The molecular weight excluding hydrogens is 377 g/mol. The number of rotatable bonds is 1. The van der Waals surface area contributed by atoms with Gasteiger partial charge in [-0.25, -0.2) is 4.39 Å². The van der Waals surface area contributed by atoms with Crippen molar-refractivity contribution in [2.45, 2.75) is 49.1 Å². The molecule has 0 N–H and O–H groups in total. The van der Waals surface area contributed by atoms with Gasteiger partial charge in [0, 0.05) is 5.56 Å². The topological polar surface area (TPSA) is 0 Å². The Morgan fingerprint density at radius 1 is 0.560 bits per heavy atom. The maximum absolute atomic E-state index is 14.7.